The van der Waals surface area contributed by atoms with E-state index in [0.29, 0.717) is 13.0 Å². The Morgan fingerprint density at radius 1 is 1.24 bits per heavy atom. The van der Waals surface area contributed by atoms with Crippen LogP contribution < -0.4 is 10.6 Å². The Morgan fingerprint density at radius 3 is 2.90 bits per heavy atom. The number of carbonyl (C=O) groups is 1. The van der Waals surface area contributed by atoms with Gasteiger partial charge in [-0.1, -0.05) is 6.07 Å². The van der Waals surface area contributed by atoms with Gasteiger partial charge in [0.2, 0.25) is 5.91 Å². The number of amides is 1. The van der Waals surface area contributed by atoms with Crippen molar-refractivity contribution in [3.8, 4) is 0 Å². The summed E-state index contributed by atoms with van der Waals surface area (Å²) < 4.78 is 0. The summed E-state index contributed by atoms with van der Waals surface area (Å²) in [4.78, 5) is 18.5. The number of pyridine rings is 1. The zero-order valence-electron chi connectivity index (χ0n) is 12.2. The van der Waals surface area contributed by atoms with Crippen molar-refractivity contribution in [3.63, 3.8) is 0 Å². The largest absolute Gasteiger partial charge is 0.399 e. The predicted octanol–water partition coefficient (Wildman–Crippen LogP) is 2.84. The fourth-order valence-corrected chi connectivity index (χ4v) is 2.83. The van der Waals surface area contributed by atoms with Gasteiger partial charge in [0.25, 0.3) is 0 Å². The Kier molecular flexibility index (Phi) is 3.60. The molecule has 21 heavy (non-hydrogen) atoms. The lowest BCUT2D eigenvalue weighted by Crippen LogP contribution is -2.29. The lowest BCUT2D eigenvalue weighted by Gasteiger charge is -2.23. The van der Waals surface area contributed by atoms with Gasteiger partial charge in [-0.15, -0.1) is 0 Å². The van der Waals surface area contributed by atoms with Crippen LogP contribution in [0.25, 0.3) is 0 Å². The number of nitrogens with zero attached hydrogens (tertiary/aromatic N) is 2. The summed E-state index contributed by atoms with van der Waals surface area (Å²) in [5, 5.41) is 0. The SMILES string of the molecule is Cc1cncc(CN2C(=O)CCCc3cc(N)ccc32)c1. The van der Waals surface area contributed by atoms with Crippen LogP contribution in [0.15, 0.2) is 36.7 Å². The number of fused-ring (bicyclic) bond motifs is 1. The number of nitrogens with two attached hydrogens (primary N) is 1. The number of aromatic nitrogens is 1. The van der Waals surface area contributed by atoms with Gasteiger partial charge in [-0.05, 0) is 54.7 Å². The fraction of sp³-hybridized carbons (Fsp3) is 0.294. The Balaban J connectivity index is 1.98. The highest BCUT2D eigenvalue weighted by atomic mass is 16.2. The van der Waals surface area contributed by atoms with E-state index >= 15 is 0 Å². The van der Waals surface area contributed by atoms with E-state index in [1.165, 1.54) is 0 Å². The first kappa shape index (κ1) is 13.6. The Labute approximate surface area is 124 Å². The average Bonchev–Trinajstić information content (AvgIpc) is 2.59. The van der Waals surface area contributed by atoms with E-state index < -0.39 is 0 Å². The Bertz CT molecular complexity index is 681. The molecule has 3 rings (SSSR count). The summed E-state index contributed by atoms with van der Waals surface area (Å²) in [6.45, 7) is 2.57. The van der Waals surface area contributed by atoms with E-state index in [2.05, 4.69) is 11.1 Å². The second-order valence-electron chi connectivity index (χ2n) is 5.59. The summed E-state index contributed by atoms with van der Waals surface area (Å²) in [7, 11) is 0. The summed E-state index contributed by atoms with van der Waals surface area (Å²) in [5.41, 5.74) is 10.9. The molecule has 0 fully saturated rings. The van der Waals surface area contributed by atoms with Gasteiger partial charge < -0.3 is 10.6 Å². The second kappa shape index (κ2) is 5.56. The molecule has 2 aromatic rings. The molecule has 0 saturated heterocycles. The van der Waals surface area contributed by atoms with E-state index in [-0.39, 0.29) is 5.91 Å². The highest BCUT2D eigenvalue weighted by Gasteiger charge is 2.22. The molecule has 0 unspecified atom stereocenters. The van der Waals surface area contributed by atoms with Crippen molar-refractivity contribution in [3.05, 3.63) is 53.3 Å². The molecule has 0 radical (unpaired) electrons. The van der Waals surface area contributed by atoms with E-state index in [0.717, 1.165) is 40.9 Å². The normalized spacial score (nSPS) is 14.7. The van der Waals surface area contributed by atoms with E-state index in [1.807, 2.05) is 42.4 Å². The molecule has 108 valence electrons. The third-order valence-electron chi connectivity index (χ3n) is 3.80. The van der Waals surface area contributed by atoms with Gasteiger partial charge in [0, 0.05) is 30.2 Å². The fourth-order valence-electron chi connectivity index (χ4n) is 2.83. The van der Waals surface area contributed by atoms with Crippen molar-refractivity contribution in [1.82, 2.24) is 4.98 Å². The maximum Gasteiger partial charge on any atom is 0.227 e. The molecule has 1 aromatic heterocycles. The van der Waals surface area contributed by atoms with Gasteiger partial charge >= 0.3 is 0 Å². The lowest BCUT2D eigenvalue weighted by atomic mass is 10.1. The second-order valence-corrected chi connectivity index (χ2v) is 5.59. The third kappa shape index (κ3) is 2.89. The highest BCUT2D eigenvalue weighted by molar-refractivity contribution is 5.95. The minimum absolute atomic E-state index is 0.167. The standard InChI is InChI=1S/C17H19N3O/c1-12-7-13(10-19-9-12)11-20-16-6-5-15(18)8-14(16)3-2-4-17(20)21/h5-10H,2-4,11,18H2,1H3. The summed E-state index contributed by atoms with van der Waals surface area (Å²) in [6.07, 6.45) is 5.99. The van der Waals surface area contributed by atoms with Crippen LogP contribution in [0.1, 0.15) is 29.5 Å². The molecule has 1 amide bonds. The third-order valence-corrected chi connectivity index (χ3v) is 3.80. The van der Waals surface area contributed by atoms with Gasteiger partial charge in [0.1, 0.15) is 0 Å². The maximum atomic E-state index is 12.4. The van der Waals surface area contributed by atoms with Crippen LogP contribution in [0.2, 0.25) is 0 Å². The smallest absolute Gasteiger partial charge is 0.227 e. The average molecular weight is 281 g/mol. The zero-order valence-corrected chi connectivity index (χ0v) is 12.2. The first-order valence-corrected chi connectivity index (χ1v) is 7.23. The molecule has 4 heteroatoms. The summed E-state index contributed by atoms with van der Waals surface area (Å²) in [6, 6.07) is 7.87. The van der Waals surface area contributed by atoms with Gasteiger partial charge in [0.15, 0.2) is 0 Å². The van der Waals surface area contributed by atoms with Crippen LogP contribution in [-0.4, -0.2) is 10.9 Å². The molecule has 0 bridgehead atoms. The molecule has 0 spiro atoms. The van der Waals surface area contributed by atoms with Crippen molar-refractivity contribution in [2.24, 2.45) is 0 Å². The number of nitrogen functional groups attached to an aromatic ring is 1. The minimum atomic E-state index is 0.167. The predicted molar refractivity (Wildman–Crippen MR) is 84.0 cm³/mol. The number of anilines is 2. The Morgan fingerprint density at radius 2 is 2.10 bits per heavy atom. The van der Waals surface area contributed by atoms with Crippen LogP contribution in [0.5, 0.6) is 0 Å². The summed E-state index contributed by atoms with van der Waals surface area (Å²) >= 11 is 0. The van der Waals surface area contributed by atoms with Crippen LogP contribution in [0, 0.1) is 6.92 Å². The first-order valence-electron chi connectivity index (χ1n) is 7.23. The Hall–Kier alpha value is -2.36. The number of rotatable bonds is 2. The van der Waals surface area contributed by atoms with Gasteiger partial charge in [-0.2, -0.15) is 0 Å². The molecule has 0 atom stereocenters. The number of aryl methyl sites for hydroxylation is 2. The van der Waals surface area contributed by atoms with Crippen LogP contribution >= 0.6 is 0 Å². The maximum absolute atomic E-state index is 12.4. The molecule has 0 aliphatic carbocycles. The quantitative estimate of drug-likeness (QED) is 0.861. The molecule has 2 heterocycles. The van der Waals surface area contributed by atoms with Gasteiger partial charge in [-0.25, -0.2) is 0 Å². The highest BCUT2D eigenvalue weighted by Crippen LogP contribution is 2.30. The lowest BCUT2D eigenvalue weighted by molar-refractivity contribution is -0.118. The number of benzene rings is 1. The van der Waals surface area contributed by atoms with Crippen molar-refractivity contribution in [1.29, 1.82) is 0 Å². The van der Waals surface area contributed by atoms with Crippen LogP contribution in [0.3, 0.4) is 0 Å². The van der Waals surface area contributed by atoms with Gasteiger partial charge in [0.05, 0.1) is 6.54 Å². The van der Waals surface area contributed by atoms with E-state index in [9.17, 15) is 4.79 Å². The number of hydrogen-bond donors (Lipinski definition) is 1. The molecule has 0 saturated carbocycles. The van der Waals surface area contributed by atoms with E-state index in [4.69, 9.17) is 5.73 Å². The monoisotopic (exact) mass is 281 g/mol. The van der Waals surface area contributed by atoms with Crippen LogP contribution in [-0.2, 0) is 17.8 Å². The van der Waals surface area contributed by atoms with Gasteiger partial charge in [-0.3, -0.25) is 9.78 Å². The molecule has 1 aliphatic heterocycles. The molecular formula is C17H19N3O. The summed E-state index contributed by atoms with van der Waals surface area (Å²) in [5.74, 6) is 0.167. The van der Waals surface area contributed by atoms with Crippen molar-refractivity contribution in [2.45, 2.75) is 32.7 Å². The van der Waals surface area contributed by atoms with Crippen molar-refractivity contribution < 1.29 is 4.79 Å². The molecule has 1 aliphatic rings. The number of carbonyl (C=O) groups excluding carboxylic acids is 1. The first-order chi connectivity index (χ1) is 10.1. The van der Waals surface area contributed by atoms with E-state index in [1.54, 1.807) is 0 Å². The number of hydrogen-bond acceptors (Lipinski definition) is 3. The topological polar surface area (TPSA) is 59.2 Å². The van der Waals surface area contributed by atoms with Crippen molar-refractivity contribution >= 4 is 17.3 Å². The molecular weight excluding hydrogens is 262 g/mol. The zero-order chi connectivity index (χ0) is 14.8. The van der Waals surface area contributed by atoms with Crippen LogP contribution in [0.4, 0.5) is 11.4 Å². The minimum Gasteiger partial charge on any atom is -0.399 e. The van der Waals surface area contributed by atoms with Crippen molar-refractivity contribution in [2.75, 3.05) is 10.6 Å². The molecule has 4 nitrogen and oxygen atoms in total. The molecule has 1 aromatic carbocycles. The molecule has 2 N–H and O–H groups in total.